The minimum Gasteiger partial charge on any atom is -0.489 e. The molecular weight excluding hydrogens is 428 g/mol. The SMILES string of the molecule is CCOC(=O)Cc1ccccc1OCc1csc2c1cc(Br)c1ccoc12. The number of para-hydroxylation sites is 1. The molecule has 0 radical (unpaired) electrons. The van der Waals surface area contributed by atoms with Crippen LogP contribution in [-0.4, -0.2) is 12.6 Å². The lowest BCUT2D eigenvalue weighted by molar-refractivity contribution is -0.142. The monoisotopic (exact) mass is 444 g/mol. The van der Waals surface area contributed by atoms with Gasteiger partial charge in [0.05, 0.1) is 24.0 Å². The zero-order valence-electron chi connectivity index (χ0n) is 14.7. The molecule has 0 bridgehead atoms. The highest BCUT2D eigenvalue weighted by molar-refractivity contribution is 9.10. The number of rotatable bonds is 6. The number of furan rings is 1. The Labute approximate surface area is 168 Å². The van der Waals surface area contributed by atoms with E-state index in [9.17, 15) is 4.79 Å². The van der Waals surface area contributed by atoms with Crippen LogP contribution in [0.2, 0.25) is 0 Å². The van der Waals surface area contributed by atoms with Gasteiger partial charge in [0.2, 0.25) is 0 Å². The molecule has 27 heavy (non-hydrogen) atoms. The summed E-state index contributed by atoms with van der Waals surface area (Å²) < 4.78 is 18.9. The average Bonchev–Trinajstić information content (AvgIpc) is 3.28. The van der Waals surface area contributed by atoms with E-state index in [1.54, 1.807) is 24.5 Å². The van der Waals surface area contributed by atoms with Crippen molar-refractivity contribution >= 4 is 54.3 Å². The second-order valence-electron chi connectivity index (χ2n) is 6.04. The number of benzene rings is 2. The first-order chi connectivity index (χ1) is 13.2. The predicted octanol–water partition coefficient (Wildman–Crippen LogP) is 6.09. The maximum Gasteiger partial charge on any atom is 0.310 e. The standard InChI is InChI=1S/C21H17BrO4S/c1-2-24-19(23)9-13-5-3-4-6-18(13)26-11-14-12-27-21-16(14)10-17(22)15-7-8-25-20(15)21/h3-8,10,12H,2,9,11H2,1H3. The van der Waals surface area contributed by atoms with Crippen molar-refractivity contribution in [3.8, 4) is 5.75 Å². The summed E-state index contributed by atoms with van der Waals surface area (Å²) in [5.74, 6) is 0.446. The largest absolute Gasteiger partial charge is 0.489 e. The minimum absolute atomic E-state index is 0.201. The molecule has 0 fully saturated rings. The lowest BCUT2D eigenvalue weighted by Crippen LogP contribution is -2.09. The highest BCUT2D eigenvalue weighted by Crippen LogP contribution is 2.38. The average molecular weight is 445 g/mol. The molecule has 0 unspecified atom stereocenters. The number of carbonyl (C=O) groups excluding carboxylic acids is 1. The van der Waals surface area contributed by atoms with E-state index in [1.165, 1.54) is 0 Å². The van der Waals surface area contributed by atoms with Crippen LogP contribution in [0.25, 0.3) is 21.1 Å². The van der Waals surface area contributed by atoms with Gasteiger partial charge in [-0.15, -0.1) is 11.3 Å². The van der Waals surface area contributed by atoms with Gasteiger partial charge in [-0.1, -0.05) is 34.1 Å². The molecule has 6 heteroatoms. The van der Waals surface area contributed by atoms with E-state index >= 15 is 0 Å². The molecule has 0 aliphatic carbocycles. The Morgan fingerprint density at radius 2 is 2.04 bits per heavy atom. The maximum absolute atomic E-state index is 11.8. The number of ether oxygens (including phenoxy) is 2. The molecule has 0 aliphatic heterocycles. The van der Waals surface area contributed by atoms with Crippen molar-refractivity contribution in [2.75, 3.05) is 6.61 Å². The van der Waals surface area contributed by atoms with Crippen LogP contribution in [0, 0.1) is 0 Å². The number of hydrogen-bond acceptors (Lipinski definition) is 5. The molecular formula is C21H17BrO4S. The van der Waals surface area contributed by atoms with Crippen molar-refractivity contribution in [1.29, 1.82) is 0 Å². The summed E-state index contributed by atoms with van der Waals surface area (Å²) in [4.78, 5) is 11.8. The maximum atomic E-state index is 11.8. The highest BCUT2D eigenvalue weighted by atomic mass is 79.9. The zero-order chi connectivity index (χ0) is 18.8. The van der Waals surface area contributed by atoms with E-state index in [4.69, 9.17) is 13.9 Å². The van der Waals surface area contributed by atoms with Crippen molar-refractivity contribution in [1.82, 2.24) is 0 Å². The fraction of sp³-hybridized carbons (Fsp3) is 0.190. The minimum atomic E-state index is -0.251. The molecule has 4 aromatic rings. The van der Waals surface area contributed by atoms with E-state index in [0.717, 1.165) is 36.7 Å². The first-order valence-corrected chi connectivity index (χ1v) is 10.3. The van der Waals surface area contributed by atoms with Crippen LogP contribution in [-0.2, 0) is 22.6 Å². The third kappa shape index (κ3) is 3.59. The van der Waals surface area contributed by atoms with E-state index in [-0.39, 0.29) is 12.4 Å². The number of carbonyl (C=O) groups is 1. The number of esters is 1. The number of hydrogen-bond donors (Lipinski definition) is 0. The third-order valence-corrected chi connectivity index (χ3v) is 6.00. The molecule has 2 aromatic carbocycles. The molecule has 4 rings (SSSR count). The summed E-state index contributed by atoms with van der Waals surface area (Å²) in [7, 11) is 0. The quantitative estimate of drug-likeness (QED) is 0.337. The Morgan fingerprint density at radius 3 is 2.89 bits per heavy atom. The van der Waals surface area contributed by atoms with Gasteiger partial charge in [0.15, 0.2) is 5.58 Å². The van der Waals surface area contributed by atoms with Crippen LogP contribution in [0.4, 0.5) is 0 Å². The molecule has 0 saturated carbocycles. The van der Waals surface area contributed by atoms with Crippen LogP contribution < -0.4 is 4.74 Å². The van der Waals surface area contributed by atoms with E-state index in [1.807, 2.05) is 30.3 Å². The second-order valence-corrected chi connectivity index (χ2v) is 7.77. The fourth-order valence-corrected chi connectivity index (χ4v) is 4.62. The lowest BCUT2D eigenvalue weighted by Gasteiger charge is -2.11. The lowest BCUT2D eigenvalue weighted by atomic mass is 10.1. The molecule has 138 valence electrons. The van der Waals surface area contributed by atoms with Crippen LogP contribution >= 0.6 is 27.3 Å². The van der Waals surface area contributed by atoms with Crippen LogP contribution in [0.1, 0.15) is 18.1 Å². The van der Waals surface area contributed by atoms with Gasteiger partial charge in [-0.2, -0.15) is 0 Å². The molecule has 2 heterocycles. The topological polar surface area (TPSA) is 48.7 Å². The summed E-state index contributed by atoms with van der Waals surface area (Å²) in [5, 5.41) is 4.27. The molecule has 0 atom stereocenters. The van der Waals surface area contributed by atoms with E-state index < -0.39 is 0 Å². The van der Waals surface area contributed by atoms with Crippen LogP contribution in [0.15, 0.2) is 56.9 Å². The second kappa shape index (κ2) is 7.74. The summed E-state index contributed by atoms with van der Waals surface area (Å²) >= 11 is 5.26. The molecule has 0 aliphatic rings. The van der Waals surface area contributed by atoms with Crippen molar-refractivity contribution in [3.05, 3.63) is 63.6 Å². The van der Waals surface area contributed by atoms with Crippen molar-refractivity contribution < 1.29 is 18.7 Å². The third-order valence-electron chi connectivity index (χ3n) is 4.31. The summed E-state index contributed by atoms with van der Waals surface area (Å²) in [5.41, 5.74) is 2.79. The van der Waals surface area contributed by atoms with Gasteiger partial charge < -0.3 is 13.9 Å². The Balaban J connectivity index is 1.59. The summed E-state index contributed by atoms with van der Waals surface area (Å²) in [6.07, 6.45) is 1.91. The van der Waals surface area contributed by atoms with E-state index in [0.29, 0.717) is 19.0 Å². The Morgan fingerprint density at radius 1 is 1.19 bits per heavy atom. The van der Waals surface area contributed by atoms with Gasteiger partial charge in [-0.25, -0.2) is 0 Å². The fourth-order valence-electron chi connectivity index (χ4n) is 3.04. The number of thiophene rings is 1. The highest BCUT2D eigenvalue weighted by Gasteiger charge is 2.14. The summed E-state index contributed by atoms with van der Waals surface area (Å²) in [6, 6.07) is 11.6. The van der Waals surface area contributed by atoms with Gasteiger partial charge in [-0.3, -0.25) is 4.79 Å². The Kier molecular flexibility index (Phi) is 5.18. The van der Waals surface area contributed by atoms with Crippen LogP contribution in [0.5, 0.6) is 5.75 Å². The molecule has 0 saturated heterocycles. The first-order valence-electron chi connectivity index (χ1n) is 8.59. The Bertz CT molecular complexity index is 1110. The first kappa shape index (κ1) is 18.1. The Hall–Kier alpha value is -2.31. The molecule has 0 spiro atoms. The number of halogens is 1. The van der Waals surface area contributed by atoms with E-state index in [2.05, 4.69) is 27.4 Å². The van der Waals surface area contributed by atoms with Gasteiger partial charge in [0, 0.05) is 26.4 Å². The van der Waals surface area contributed by atoms with Gasteiger partial charge in [0.25, 0.3) is 0 Å². The molecule has 4 nitrogen and oxygen atoms in total. The summed E-state index contributed by atoms with van der Waals surface area (Å²) in [6.45, 7) is 2.59. The smallest absolute Gasteiger partial charge is 0.310 e. The van der Waals surface area contributed by atoms with Crippen molar-refractivity contribution in [3.63, 3.8) is 0 Å². The number of fused-ring (bicyclic) bond motifs is 3. The van der Waals surface area contributed by atoms with Crippen molar-refractivity contribution in [2.24, 2.45) is 0 Å². The van der Waals surface area contributed by atoms with Gasteiger partial charge in [0.1, 0.15) is 12.4 Å². The van der Waals surface area contributed by atoms with Crippen LogP contribution in [0.3, 0.4) is 0 Å². The molecule has 0 amide bonds. The zero-order valence-corrected chi connectivity index (χ0v) is 17.1. The predicted molar refractivity (Wildman–Crippen MR) is 110 cm³/mol. The van der Waals surface area contributed by atoms with Gasteiger partial charge in [-0.05, 0) is 30.5 Å². The molecule has 2 aromatic heterocycles. The van der Waals surface area contributed by atoms with Crippen molar-refractivity contribution in [2.45, 2.75) is 20.0 Å². The molecule has 0 N–H and O–H groups in total. The van der Waals surface area contributed by atoms with Gasteiger partial charge >= 0.3 is 5.97 Å². The normalized spacial score (nSPS) is 11.2.